The van der Waals surface area contributed by atoms with Crippen LogP contribution in [-0.4, -0.2) is 37.3 Å². The van der Waals surface area contributed by atoms with Crippen molar-refractivity contribution in [3.63, 3.8) is 0 Å². The van der Waals surface area contributed by atoms with Gasteiger partial charge in [-0.1, -0.05) is 51.6 Å². The van der Waals surface area contributed by atoms with E-state index in [0.29, 0.717) is 47.1 Å². The Morgan fingerprint density at radius 2 is 1.76 bits per heavy atom. The second kappa shape index (κ2) is 12.5. The summed E-state index contributed by atoms with van der Waals surface area (Å²) in [5.74, 6) is 0.897. The molecule has 0 aliphatic carbocycles. The first-order valence-electron chi connectivity index (χ1n) is 7.45. The number of benzene rings is 1. The summed E-state index contributed by atoms with van der Waals surface area (Å²) in [5, 5.41) is 12.2. The van der Waals surface area contributed by atoms with Crippen molar-refractivity contribution < 1.29 is 19.4 Å². The molecule has 0 saturated heterocycles. The molecule has 0 heterocycles. The summed E-state index contributed by atoms with van der Waals surface area (Å²) in [4.78, 5) is 0. The van der Waals surface area contributed by atoms with Crippen molar-refractivity contribution in [2.45, 2.75) is 19.8 Å². The van der Waals surface area contributed by atoms with Gasteiger partial charge in [0.15, 0.2) is 5.75 Å². The van der Waals surface area contributed by atoms with Crippen LogP contribution in [0.4, 0.5) is 0 Å². The van der Waals surface area contributed by atoms with E-state index < -0.39 is 0 Å². The van der Waals surface area contributed by atoms with Gasteiger partial charge in [0.05, 0.1) is 29.0 Å². The van der Waals surface area contributed by atoms with Crippen LogP contribution in [-0.2, 0) is 4.74 Å². The standard InChI is InChI=1S/C16H19Cl4NO4/c1-11(21-22)10-23-5-2-3-6-25-16-13(17)8-12(9-14(16)18)24-7-4-15(19)20/h4,8-9,22H,2-3,5-7,10H2,1H3. The second-order valence-corrected chi connectivity index (χ2v) is 6.79. The monoisotopic (exact) mass is 429 g/mol. The summed E-state index contributed by atoms with van der Waals surface area (Å²) in [7, 11) is 0. The molecule has 0 fully saturated rings. The van der Waals surface area contributed by atoms with Gasteiger partial charge in [-0.25, -0.2) is 0 Å². The summed E-state index contributed by atoms with van der Waals surface area (Å²) in [6.07, 6.45) is 3.06. The molecule has 5 nitrogen and oxygen atoms in total. The van der Waals surface area contributed by atoms with E-state index in [1.54, 1.807) is 19.1 Å². The highest BCUT2D eigenvalue weighted by atomic mass is 35.5. The Labute approximate surface area is 167 Å². The third-order valence-corrected chi connectivity index (χ3v) is 3.74. The molecule has 0 aromatic heterocycles. The van der Waals surface area contributed by atoms with Gasteiger partial charge in [-0.3, -0.25) is 0 Å². The Balaban J connectivity index is 2.37. The molecular weight excluding hydrogens is 412 g/mol. The van der Waals surface area contributed by atoms with Crippen molar-refractivity contribution in [3.05, 3.63) is 32.7 Å². The largest absolute Gasteiger partial charge is 0.490 e. The summed E-state index contributed by atoms with van der Waals surface area (Å²) in [6.45, 7) is 3.18. The van der Waals surface area contributed by atoms with Crippen LogP contribution < -0.4 is 9.47 Å². The molecule has 0 bridgehead atoms. The molecular formula is C16H19Cl4NO4. The third-order valence-electron chi connectivity index (χ3n) is 2.87. The topological polar surface area (TPSA) is 60.3 Å². The highest BCUT2D eigenvalue weighted by Gasteiger charge is 2.10. The number of hydrogen-bond donors (Lipinski definition) is 1. The van der Waals surface area contributed by atoms with E-state index >= 15 is 0 Å². The van der Waals surface area contributed by atoms with Gasteiger partial charge in [-0.15, -0.1) is 0 Å². The summed E-state index contributed by atoms with van der Waals surface area (Å²) < 4.78 is 16.5. The number of rotatable bonds is 11. The lowest BCUT2D eigenvalue weighted by molar-refractivity contribution is 0.157. The average Bonchev–Trinajstić information content (AvgIpc) is 2.55. The maximum absolute atomic E-state index is 8.48. The minimum Gasteiger partial charge on any atom is -0.490 e. The molecule has 0 aliphatic rings. The van der Waals surface area contributed by atoms with E-state index in [0.717, 1.165) is 12.8 Å². The first kappa shape index (κ1) is 22.2. The van der Waals surface area contributed by atoms with Crippen LogP contribution in [0.15, 0.2) is 27.9 Å². The first-order valence-corrected chi connectivity index (χ1v) is 8.96. The molecule has 1 rings (SSSR count). The van der Waals surface area contributed by atoms with Crippen molar-refractivity contribution in [2.24, 2.45) is 5.16 Å². The van der Waals surface area contributed by atoms with E-state index in [1.165, 1.54) is 6.08 Å². The lowest BCUT2D eigenvalue weighted by Crippen LogP contribution is -2.07. The molecule has 0 aliphatic heterocycles. The highest BCUT2D eigenvalue weighted by molar-refractivity contribution is 6.55. The Bertz CT molecular complexity index is 581. The van der Waals surface area contributed by atoms with Gasteiger partial charge in [0, 0.05) is 18.7 Å². The van der Waals surface area contributed by atoms with Gasteiger partial charge < -0.3 is 19.4 Å². The summed E-state index contributed by atoms with van der Waals surface area (Å²) in [5.41, 5.74) is 0.529. The van der Waals surface area contributed by atoms with E-state index in [1.807, 2.05) is 0 Å². The van der Waals surface area contributed by atoms with E-state index in [9.17, 15) is 0 Å². The number of halogens is 4. The molecule has 0 spiro atoms. The van der Waals surface area contributed by atoms with Crippen LogP contribution in [0.25, 0.3) is 0 Å². The zero-order valence-corrected chi connectivity index (χ0v) is 16.6. The van der Waals surface area contributed by atoms with Crippen molar-refractivity contribution >= 4 is 52.1 Å². The fraction of sp³-hybridized carbons (Fsp3) is 0.438. The number of ether oxygens (including phenoxy) is 3. The SMILES string of the molecule is CC(COCCCCOc1c(Cl)cc(OCC=C(Cl)Cl)cc1Cl)=NO. The molecule has 1 aromatic rings. The number of oxime groups is 1. The van der Waals surface area contributed by atoms with Gasteiger partial charge in [0.2, 0.25) is 0 Å². The zero-order chi connectivity index (χ0) is 18.7. The molecule has 1 aromatic carbocycles. The first-order chi connectivity index (χ1) is 11.9. The molecule has 0 atom stereocenters. The van der Waals surface area contributed by atoms with Crippen LogP contribution >= 0.6 is 46.4 Å². The van der Waals surface area contributed by atoms with Crippen molar-refractivity contribution in [1.29, 1.82) is 0 Å². The van der Waals surface area contributed by atoms with Crippen molar-refractivity contribution in [1.82, 2.24) is 0 Å². The molecule has 1 N–H and O–H groups in total. The molecule has 9 heteroatoms. The van der Waals surface area contributed by atoms with Crippen LogP contribution in [0, 0.1) is 0 Å². The average molecular weight is 431 g/mol. The Morgan fingerprint density at radius 3 is 2.36 bits per heavy atom. The van der Waals surface area contributed by atoms with Gasteiger partial charge in [-0.2, -0.15) is 0 Å². The Morgan fingerprint density at radius 1 is 1.12 bits per heavy atom. The van der Waals surface area contributed by atoms with E-state index in [4.69, 9.17) is 65.8 Å². The molecule has 0 radical (unpaired) electrons. The van der Waals surface area contributed by atoms with Crippen molar-refractivity contribution in [2.75, 3.05) is 26.4 Å². The molecule has 140 valence electrons. The van der Waals surface area contributed by atoms with Gasteiger partial charge in [-0.05, 0) is 25.8 Å². The minimum atomic E-state index is 0.125. The van der Waals surface area contributed by atoms with Crippen LogP contribution in [0.1, 0.15) is 19.8 Å². The quantitative estimate of drug-likeness (QED) is 0.211. The zero-order valence-electron chi connectivity index (χ0n) is 13.6. The second-order valence-electron chi connectivity index (χ2n) is 4.96. The van der Waals surface area contributed by atoms with Gasteiger partial charge in [0.25, 0.3) is 0 Å². The molecule has 0 saturated carbocycles. The highest BCUT2D eigenvalue weighted by Crippen LogP contribution is 2.37. The van der Waals surface area contributed by atoms with Crippen molar-refractivity contribution in [3.8, 4) is 11.5 Å². The summed E-state index contributed by atoms with van der Waals surface area (Å²) in [6, 6.07) is 3.22. The Kier molecular flexibility index (Phi) is 11.1. The van der Waals surface area contributed by atoms with Gasteiger partial charge in [0.1, 0.15) is 16.8 Å². The smallest absolute Gasteiger partial charge is 0.156 e. The van der Waals surface area contributed by atoms with Crippen LogP contribution in [0.5, 0.6) is 11.5 Å². The molecule has 0 amide bonds. The number of nitrogens with zero attached hydrogens (tertiary/aromatic N) is 1. The van der Waals surface area contributed by atoms with E-state index in [2.05, 4.69) is 5.16 Å². The van der Waals surface area contributed by atoms with E-state index in [-0.39, 0.29) is 11.1 Å². The predicted molar refractivity (Wildman–Crippen MR) is 102 cm³/mol. The van der Waals surface area contributed by atoms with Crippen LogP contribution in [0.3, 0.4) is 0 Å². The molecule has 25 heavy (non-hydrogen) atoms. The fourth-order valence-electron chi connectivity index (χ4n) is 1.69. The molecule has 0 unspecified atom stereocenters. The third kappa shape index (κ3) is 9.42. The fourth-order valence-corrected chi connectivity index (χ4v) is 2.39. The maximum atomic E-state index is 8.48. The minimum absolute atomic E-state index is 0.125. The van der Waals surface area contributed by atoms with Crippen LogP contribution in [0.2, 0.25) is 10.0 Å². The normalized spacial score (nSPS) is 11.3. The van der Waals surface area contributed by atoms with Gasteiger partial charge >= 0.3 is 0 Å². The lowest BCUT2D eigenvalue weighted by Gasteiger charge is -2.12. The maximum Gasteiger partial charge on any atom is 0.156 e. The lowest BCUT2D eigenvalue weighted by atomic mass is 10.3. The number of unbranched alkanes of at least 4 members (excludes halogenated alkanes) is 1. The Hall–Kier alpha value is -0.850. The predicted octanol–water partition coefficient (Wildman–Crippen LogP) is 5.72. The summed E-state index contributed by atoms with van der Waals surface area (Å²) >= 11 is 23.4. The number of hydrogen-bond acceptors (Lipinski definition) is 5.